The molecule has 8 rings (SSSR count). The third kappa shape index (κ3) is 7.10. The van der Waals surface area contributed by atoms with Gasteiger partial charge in [-0.15, -0.1) is 0 Å². The molecular weight excluding hydrogens is 673 g/mol. The lowest BCUT2D eigenvalue weighted by Gasteiger charge is -2.32. The van der Waals surface area contributed by atoms with Gasteiger partial charge in [0.25, 0.3) is 0 Å². The molecule has 2 unspecified atom stereocenters. The fraction of sp³-hybridized carbons (Fsp3) is 0.214. The van der Waals surface area contributed by atoms with E-state index >= 15 is 0 Å². The number of benzene rings is 5. The van der Waals surface area contributed by atoms with Crippen molar-refractivity contribution in [2.75, 3.05) is 0 Å². The van der Waals surface area contributed by atoms with E-state index in [0.29, 0.717) is 11.8 Å². The average molecular weight is 727 g/mol. The third-order valence-electron chi connectivity index (χ3n) is 12.8. The van der Waals surface area contributed by atoms with E-state index in [1.54, 1.807) is 0 Å². The molecule has 5 aromatic carbocycles. The standard InChI is InChI=1S/C56H54/c1-6-42(45-25-14-9-15-26-45)37-48(36-39(2)43-21-10-7-11-22-43)56(5)54-32-19-18-30-52(54)53-38-47(33-34-55(53)56)46-27-20-31-50(41(4)44-23-12-8-13-24-44)51-29-17-16-28-49(51)40(3)35-46/h6-17,19,21-26,28-29,32-38,41,50H,3,18,20,27,30-31H2,1-2,4-5H3/b39-36+,42-6?,46-35+,48-37+/t41?,50-,56?/m1/s1. The molecule has 56 heavy (non-hydrogen) atoms. The van der Waals surface area contributed by atoms with E-state index in [4.69, 9.17) is 6.58 Å². The van der Waals surface area contributed by atoms with Crippen LogP contribution in [0.15, 0.2) is 188 Å². The smallest absolute Gasteiger partial charge is 0.0432 e. The molecule has 0 saturated heterocycles. The van der Waals surface area contributed by atoms with Crippen LogP contribution >= 0.6 is 0 Å². The van der Waals surface area contributed by atoms with E-state index in [1.807, 2.05) is 0 Å². The van der Waals surface area contributed by atoms with Gasteiger partial charge in [0.05, 0.1) is 0 Å². The van der Waals surface area contributed by atoms with E-state index in [2.05, 4.69) is 198 Å². The molecule has 0 heterocycles. The zero-order valence-corrected chi connectivity index (χ0v) is 33.6. The normalized spacial score (nSPS) is 21.6. The average Bonchev–Trinajstić information content (AvgIpc) is 3.55. The molecule has 0 N–H and O–H groups in total. The molecular formula is C56H54. The SMILES string of the molecule is C=C1/C=C(/c2ccc3c(c2)C2=C(C=CCC2)C3(C)C(/C=C(\C)c2ccccc2)=C/C(=CC)c2ccccc2)CCC[C@H](C(C)c2ccccc2)c2ccccc21. The predicted octanol–water partition coefficient (Wildman–Crippen LogP) is 15.4. The summed E-state index contributed by atoms with van der Waals surface area (Å²) < 4.78 is 0. The Balaban J connectivity index is 1.22. The van der Waals surface area contributed by atoms with Crippen molar-refractivity contribution in [2.45, 2.75) is 77.0 Å². The second-order valence-electron chi connectivity index (χ2n) is 16.1. The van der Waals surface area contributed by atoms with Gasteiger partial charge in [0, 0.05) is 5.41 Å². The second-order valence-corrected chi connectivity index (χ2v) is 16.1. The van der Waals surface area contributed by atoms with Crippen molar-refractivity contribution in [3.8, 4) is 0 Å². The van der Waals surface area contributed by atoms with Crippen LogP contribution in [0.5, 0.6) is 0 Å². The van der Waals surface area contributed by atoms with Gasteiger partial charge in [0.2, 0.25) is 0 Å². The summed E-state index contributed by atoms with van der Waals surface area (Å²) in [5.41, 5.74) is 19.6. The van der Waals surface area contributed by atoms with Crippen LogP contribution in [-0.2, 0) is 5.41 Å². The zero-order valence-electron chi connectivity index (χ0n) is 33.6. The van der Waals surface area contributed by atoms with Crippen molar-refractivity contribution in [1.82, 2.24) is 0 Å². The number of hydrogen-bond acceptors (Lipinski definition) is 0. The number of allylic oxidation sites excluding steroid dienone is 13. The largest absolute Gasteiger partial charge is 0.0911 e. The Kier molecular flexibility index (Phi) is 10.7. The first-order chi connectivity index (χ1) is 27.4. The van der Waals surface area contributed by atoms with Gasteiger partial charge in [-0.25, -0.2) is 0 Å². The van der Waals surface area contributed by atoms with Gasteiger partial charge in [-0.05, 0) is 154 Å². The van der Waals surface area contributed by atoms with Gasteiger partial charge in [-0.1, -0.05) is 177 Å². The molecule has 0 radical (unpaired) electrons. The predicted molar refractivity (Wildman–Crippen MR) is 242 cm³/mol. The maximum Gasteiger partial charge on any atom is 0.0432 e. The van der Waals surface area contributed by atoms with Crippen molar-refractivity contribution >= 4 is 27.9 Å². The van der Waals surface area contributed by atoms with Crippen LogP contribution in [0.3, 0.4) is 0 Å². The molecule has 0 saturated carbocycles. The molecule has 3 atom stereocenters. The number of rotatable bonds is 8. The highest BCUT2D eigenvalue weighted by atomic mass is 14.5. The Morgan fingerprint density at radius 3 is 2.18 bits per heavy atom. The van der Waals surface area contributed by atoms with Crippen LogP contribution in [-0.4, -0.2) is 0 Å². The molecule has 0 fully saturated rings. The van der Waals surface area contributed by atoms with Crippen LogP contribution in [0.4, 0.5) is 0 Å². The zero-order chi connectivity index (χ0) is 38.6. The fourth-order valence-electron chi connectivity index (χ4n) is 9.65. The van der Waals surface area contributed by atoms with Crippen LogP contribution < -0.4 is 0 Å². The summed E-state index contributed by atoms with van der Waals surface area (Å²) in [6, 6.07) is 49.1. The molecule has 0 heteroatoms. The van der Waals surface area contributed by atoms with Crippen LogP contribution in [0.2, 0.25) is 0 Å². The molecule has 0 bridgehead atoms. The van der Waals surface area contributed by atoms with Gasteiger partial charge >= 0.3 is 0 Å². The summed E-state index contributed by atoms with van der Waals surface area (Å²) in [7, 11) is 0. The quantitative estimate of drug-likeness (QED) is 0.140. The van der Waals surface area contributed by atoms with Crippen molar-refractivity contribution < 1.29 is 0 Å². The molecule has 0 spiro atoms. The van der Waals surface area contributed by atoms with Gasteiger partial charge in [0.15, 0.2) is 0 Å². The minimum atomic E-state index is -0.324. The first kappa shape index (κ1) is 37.2. The summed E-state index contributed by atoms with van der Waals surface area (Å²) >= 11 is 0. The lowest BCUT2D eigenvalue weighted by Crippen LogP contribution is -2.24. The summed E-state index contributed by atoms with van der Waals surface area (Å²) in [5, 5.41) is 0. The minimum absolute atomic E-state index is 0.324. The number of hydrogen-bond donors (Lipinski definition) is 0. The van der Waals surface area contributed by atoms with Crippen LogP contribution in [0.1, 0.15) is 116 Å². The molecule has 0 aromatic heterocycles. The van der Waals surface area contributed by atoms with Crippen LogP contribution in [0, 0.1) is 0 Å². The van der Waals surface area contributed by atoms with E-state index in [9.17, 15) is 0 Å². The second kappa shape index (κ2) is 16.2. The lowest BCUT2D eigenvalue weighted by atomic mass is 9.70. The first-order valence-electron chi connectivity index (χ1n) is 20.6. The van der Waals surface area contributed by atoms with Crippen LogP contribution in [0.25, 0.3) is 27.9 Å². The van der Waals surface area contributed by atoms with Gasteiger partial charge < -0.3 is 0 Å². The highest BCUT2D eigenvalue weighted by molar-refractivity contribution is 5.91. The Hall–Kier alpha value is -5.72. The Morgan fingerprint density at radius 1 is 0.768 bits per heavy atom. The monoisotopic (exact) mass is 726 g/mol. The van der Waals surface area contributed by atoms with Crippen molar-refractivity contribution in [1.29, 1.82) is 0 Å². The molecule has 3 aliphatic carbocycles. The molecule has 5 aromatic rings. The van der Waals surface area contributed by atoms with E-state index < -0.39 is 0 Å². The summed E-state index contributed by atoms with van der Waals surface area (Å²) in [5.74, 6) is 0.844. The maximum absolute atomic E-state index is 4.72. The topological polar surface area (TPSA) is 0 Å². The summed E-state index contributed by atoms with van der Waals surface area (Å²) in [6.07, 6.45) is 19.8. The van der Waals surface area contributed by atoms with E-state index in [-0.39, 0.29) is 5.41 Å². The maximum atomic E-state index is 4.72. The fourth-order valence-corrected chi connectivity index (χ4v) is 9.65. The van der Waals surface area contributed by atoms with Gasteiger partial charge in [0.1, 0.15) is 0 Å². The molecule has 0 amide bonds. The van der Waals surface area contributed by atoms with Crippen molar-refractivity contribution in [3.63, 3.8) is 0 Å². The third-order valence-corrected chi connectivity index (χ3v) is 12.8. The van der Waals surface area contributed by atoms with E-state index in [1.165, 1.54) is 77.9 Å². The Bertz CT molecular complexity index is 2430. The molecule has 0 nitrogen and oxygen atoms in total. The highest BCUT2D eigenvalue weighted by Crippen LogP contribution is 2.55. The number of fused-ring (bicyclic) bond motifs is 3. The summed E-state index contributed by atoms with van der Waals surface area (Å²) in [6.45, 7) is 14.0. The lowest BCUT2D eigenvalue weighted by molar-refractivity contribution is 0.520. The van der Waals surface area contributed by atoms with Gasteiger partial charge in [-0.2, -0.15) is 0 Å². The van der Waals surface area contributed by atoms with Crippen molar-refractivity contribution in [3.05, 3.63) is 232 Å². The molecule has 3 aliphatic rings. The molecule has 0 aliphatic heterocycles. The Labute approximate surface area is 335 Å². The van der Waals surface area contributed by atoms with Gasteiger partial charge in [-0.3, -0.25) is 0 Å². The highest BCUT2D eigenvalue weighted by Gasteiger charge is 2.43. The van der Waals surface area contributed by atoms with Crippen molar-refractivity contribution in [2.24, 2.45) is 0 Å². The van der Waals surface area contributed by atoms with E-state index in [0.717, 1.165) is 37.7 Å². The first-order valence-corrected chi connectivity index (χ1v) is 20.6. The summed E-state index contributed by atoms with van der Waals surface area (Å²) in [4.78, 5) is 0. The minimum Gasteiger partial charge on any atom is -0.0911 e. The Morgan fingerprint density at radius 2 is 1.45 bits per heavy atom. The molecule has 278 valence electrons.